The van der Waals surface area contributed by atoms with Gasteiger partial charge in [0.15, 0.2) is 5.69 Å². The van der Waals surface area contributed by atoms with Crippen molar-refractivity contribution in [3.05, 3.63) is 53.3 Å². The summed E-state index contributed by atoms with van der Waals surface area (Å²) in [5.74, 6) is 0.697. The summed E-state index contributed by atoms with van der Waals surface area (Å²) in [7, 11) is 0. The molecule has 3 aromatic rings. The molecule has 0 atom stereocenters. The molecular weight excluding hydrogens is 330 g/mol. The van der Waals surface area contributed by atoms with Crippen molar-refractivity contribution >= 4 is 5.91 Å². The zero-order valence-corrected chi connectivity index (χ0v) is 14.7. The highest BCUT2D eigenvalue weighted by Crippen LogP contribution is 2.24. The van der Waals surface area contributed by atoms with E-state index in [-0.39, 0.29) is 5.91 Å². The van der Waals surface area contributed by atoms with Crippen molar-refractivity contribution in [2.45, 2.75) is 39.2 Å². The Morgan fingerprint density at radius 2 is 2.08 bits per heavy atom. The van der Waals surface area contributed by atoms with Crippen molar-refractivity contribution in [1.29, 1.82) is 0 Å². The number of nitrogens with one attached hydrogen (secondary N) is 1. The Kier molecular flexibility index (Phi) is 4.51. The Hall–Kier alpha value is -2.96. The molecule has 0 fully saturated rings. The van der Waals surface area contributed by atoms with E-state index in [0.29, 0.717) is 18.8 Å². The normalized spacial score (nSPS) is 13.4. The molecule has 3 aromatic heterocycles. The molecule has 1 amide bonds. The molecule has 0 aromatic carbocycles. The summed E-state index contributed by atoms with van der Waals surface area (Å²) in [6.07, 6.45) is 7.43. The third kappa shape index (κ3) is 3.24. The van der Waals surface area contributed by atoms with Crippen LogP contribution in [-0.2, 0) is 19.4 Å². The second-order valence-electron chi connectivity index (χ2n) is 6.53. The highest BCUT2D eigenvalue weighted by atomic mass is 16.5. The highest BCUT2D eigenvalue weighted by Gasteiger charge is 2.23. The number of pyridine rings is 1. The Balaban J connectivity index is 1.38. The SMILES string of the molecule is Cc1cc(-c2ccncc2)nn1CCNC(=O)c1noc2c1CCCC2. The lowest BCUT2D eigenvalue weighted by Crippen LogP contribution is -2.29. The van der Waals surface area contributed by atoms with Gasteiger partial charge in [0.1, 0.15) is 5.76 Å². The van der Waals surface area contributed by atoms with E-state index in [4.69, 9.17) is 4.52 Å². The average Bonchev–Trinajstić information content (AvgIpc) is 3.26. The third-order valence-corrected chi connectivity index (χ3v) is 4.73. The Labute approximate surface area is 151 Å². The summed E-state index contributed by atoms with van der Waals surface area (Å²) < 4.78 is 7.21. The predicted octanol–water partition coefficient (Wildman–Crippen LogP) is 2.55. The number of carbonyl (C=O) groups excluding carboxylic acids is 1. The maximum absolute atomic E-state index is 12.4. The summed E-state index contributed by atoms with van der Waals surface area (Å²) in [5.41, 5.74) is 4.39. The minimum Gasteiger partial charge on any atom is -0.360 e. The van der Waals surface area contributed by atoms with Crippen LogP contribution in [-0.4, -0.2) is 32.4 Å². The molecule has 1 N–H and O–H groups in total. The molecular formula is C19H21N5O2. The first kappa shape index (κ1) is 16.5. The molecule has 1 aliphatic rings. The molecule has 7 heteroatoms. The van der Waals surface area contributed by atoms with Gasteiger partial charge in [0.05, 0.1) is 12.2 Å². The van der Waals surface area contributed by atoms with Crippen LogP contribution >= 0.6 is 0 Å². The van der Waals surface area contributed by atoms with Crippen LogP contribution in [0.2, 0.25) is 0 Å². The van der Waals surface area contributed by atoms with Gasteiger partial charge in [-0.3, -0.25) is 14.5 Å². The molecule has 1 aliphatic carbocycles. The van der Waals surface area contributed by atoms with Gasteiger partial charge in [-0.25, -0.2) is 0 Å². The molecule has 0 spiro atoms. The molecule has 7 nitrogen and oxygen atoms in total. The molecule has 0 aliphatic heterocycles. The monoisotopic (exact) mass is 351 g/mol. The number of carbonyl (C=O) groups is 1. The van der Waals surface area contributed by atoms with Gasteiger partial charge in [-0.2, -0.15) is 5.10 Å². The van der Waals surface area contributed by atoms with Gasteiger partial charge in [-0.1, -0.05) is 5.16 Å². The van der Waals surface area contributed by atoms with Crippen LogP contribution in [0, 0.1) is 6.92 Å². The number of nitrogens with zero attached hydrogens (tertiary/aromatic N) is 4. The summed E-state index contributed by atoms with van der Waals surface area (Å²) >= 11 is 0. The number of aryl methyl sites for hydroxylation is 2. The number of fused-ring (bicyclic) bond motifs is 1. The maximum atomic E-state index is 12.4. The van der Waals surface area contributed by atoms with Gasteiger partial charge in [0.2, 0.25) is 0 Å². The summed E-state index contributed by atoms with van der Waals surface area (Å²) in [6.45, 7) is 3.09. The van der Waals surface area contributed by atoms with Gasteiger partial charge in [-0.15, -0.1) is 0 Å². The first-order valence-electron chi connectivity index (χ1n) is 8.93. The standard InChI is InChI=1S/C19H21N5O2/c1-13-12-16(14-6-8-20-9-7-14)22-24(13)11-10-21-19(25)18-15-4-2-3-5-17(15)26-23-18/h6-9,12H,2-5,10-11H2,1H3,(H,21,25). The van der Waals surface area contributed by atoms with Crippen LogP contribution < -0.4 is 5.32 Å². The number of rotatable bonds is 5. The van der Waals surface area contributed by atoms with Crippen LogP contribution in [0.25, 0.3) is 11.3 Å². The van der Waals surface area contributed by atoms with Gasteiger partial charge >= 0.3 is 0 Å². The van der Waals surface area contributed by atoms with Gasteiger partial charge < -0.3 is 9.84 Å². The van der Waals surface area contributed by atoms with Crippen LogP contribution in [0.4, 0.5) is 0 Å². The lowest BCUT2D eigenvalue weighted by atomic mass is 9.96. The Morgan fingerprint density at radius 1 is 1.27 bits per heavy atom. The van der Waals surface area contributed by atoms with E-state index in [2.05, 4.69) is 20.6 Å². The zero-order chi connectivity index (χ0) is 17.9. The first-order valence-corrected chi connectivity index (χ1v) is 8.93. The molecule has 0 saturated carbocycles. The number of hydrogen-bond acceptors (Lipinski definition) is 5. The lowest BCUT2D eigenvalue weighted by Gasteiger charge is -2.09. The molecule has 0 bridgehead atoms. The van der Waals surface area contributed by atoms with Gasteiger partial charge in [0.25, 0.3) is 5.91 Å². The third-order valence-electron chi connectivity index (χ3n) is 4.73. The van der Waals surface area contributed by atoms with Crippen molar-refractivity contribution < 1.29 is 9.32 Å². The number of hydrogen-bond donors (Lipinski definition) is 1. The summed E-state index contributed by atoms with van der Waals surface area (Å²) in [4.78, 5) is 16.4. The summed E-state index contributed by atoms with van der Waals surface area (Å²) in [6, 6.07) is 5.90. The van der Waals surface area contributed by atoms with Gasteiger partial charge in [-0.05, 0) is 44.4 Å². The quantitative estimate of drug-likeness (QED) is 0.763. The maximum Gasteiger partial charge on any atom is 0.273 e. The highest BCUT2D eigenvalue weighted by molar-refractivity contribution is 5.93. The fourth-order valence-electron chi connectivity index (χ4n) is 3.32. The smallest absolute Gasteiger partial charge is 0.273 e. The van der Waals surface area contributed by atoms with Crippen molar-refractivity contribution in [2.75, 3.05) is 6.54 Å². The molecule has 4 rings (SSSR count). The van der Waals surface area contributed by atoms with E-state index >= 15 is 0 Å². The molecule has 0 unspecified atom stereocenters. The predicted molar refractivity (Wildman–Crippen MR) is 95.7 cm³/mol. The van der Waals surface area contributed by atoms with E-state index in [9.17, 15) is 4.79 Å². The van der Waals surface area contributed by atoms with Crippen molar-refractivity contribution in [3.63, 3.8) is 0 Å². The van der Waals surface area contributed by atoms with E-state index in [0.717, 1.165) is 54.0 Å². The fourth-order valence-corrected chi connectivity index (χ4v) is 3.32. The largest absolute Gasteiger partial charge is 0.360 e. The Bertz CT molecular complexity index is 913. The molecule has 0 saturated heterocycles. The number of amides is 1. The molecule has 3 heterocycles. The van der Waals surface area contributed by atoms with Crippen molar-refractivity contribution in [1.82, 2.24) is 25.2 Å². The fraction of sp³-hybridized carbons (Fsp3) is 0.368. The summed E-state index contributed by atoms with van der Waals surface area (Å²) in [5, 5.41) is 11.5. The average molecular weight is 351 g/mol. The second-order valence-corrected chi connectivity index (χ2v) is 6.53. The number of aromatic nitrogens is 4. The zero-order valence-electron chi connectivity index (χ0n) is 14.7. The lowest BCUT2D eigenvalue weighted by molar-refractivity contribution is 0.0942. The molecule has 134 valence electrons. The van der Waals surface area contributed by atoms with E-state index in [1.807, 2.05) is 29.8 Å². The van der Waals surface area contributed by atoms with Crippen molar-refractivity contribution in [3.8, 4) is 11.3 Å². The van der Waals surface area contributed by atoms with Crippen LogP contribution in [0.15, 0.2) is 35.1 Å². The van der Waals surface area contributed by atoms with Gasteiger partial charge in [0, 0.05) is 42.2 Å². The minimum absolute atomic E-state index is 0.170. The molecule has 0 radical (unpaired) electrons. The first-order chi connectivity index (χ1) is 12.7. The van der Waals surface area contributed by atoms with E-state index in [1.54, 1.807) is 12.4 Å². The van der Waals surface area contributed by atoms with E-state index in [1.165, 1.54) is 0 Å². The van der Waals surface area contributed by atoms with E-state index < -0.39 is 0 Å². The van der Waals surface area contributed by atoms with Crippen LogP contribution in [0.5, 0.6) is 0 Å². The minimum atomic E-state index is -0.170. The topological polar surface area (TPSA) is 85.8 Å². The second kappa shape index (κ2) is 7.11. The molecule has 26 heavy (non-hydrogen) atoms. The van der Waals surface area contributed by atoms with Crippen LogP contribution in [0.1, 0.15) is 40.3 Å². The van der Waals surface area contributed by atoms with Crippen molar-refractivity contribution in [2.24, 2.45) is 0 Å². The van der Waals surface area contributed by atoms with Crippen LogP contribution in [0.3, 0.4) is 0 Å². The Morgan fingerprint density at radius 3 is 2.92 bits per heavy atom.